The first-order valence-electron chi connectivity index (χ1n) is 6.54. The molecule has 2 atom stereocenters. The molecule has 0 N–H and O–H groups in total. The molecule has 2 unspecified atom stereocenters. The summed E-state index contributed by atoms with van der Waals surface area (Å²) >= 11 is 4.43. The highest BCUT2D eigenvalue weighted by atomic mass is 32.1. The van der Waals surface area contributed by atoms with Gasteiger partial charge in [0.15, 0.2) is 0 Å². The van der Waals surface area contributed by atoms with Crippen LogP contribution in [0.1, 0.15) is 53.4 Å². The normalized spacial score (nSPS) is 15.6. The fraction of sp³-hybridized carbons (Fsp3) is 1.00. The molecule has 0 saturated heterocycles. The molecule has 0 heterocycles. The van der Waals surface area contributed by atoms with Crippen molar-refractivity contribution in [2.75, 3.05) is 18.8 Å². The van der Waals surface area contributed by atoms with Crippen LogP contribution >= 0.6 is 12.6 Å². The van der Waals surface area contributed by atoms with E-state index >= 15 is 0 Å². The SMILES string of the molecule is CCCCN(CC(CC)CS)C(C)CC. The Bertz CT molecular complexity index is 134. The van der Waals surface area contributed by atoms with Crippen molar-refractivity contribution >= 4 is 12.6 Å². The van der Waals surface area contributed by atoms with Crippen molar-refractivity contribution in [3.8, 4) is 0 Å². The molecule has 0 aromatic carbocycles. The Labute approximate surface area is 102 Å². The van der Waals surface area contributed by atoms with Crippen molar-refractivity contribution < 1.29 is 0 Å². The zero-order chi connectivity index (χ0) is 11.7. The van der Waals surface area contributed by atoms with Gasteiger partial charge in [0.25, 0.3) is 0 Å². The Morgan fingerprint density at radius 1 is 1.13 bits per heavy atom. The van der Waals surface area contributed by atoms with Gasteiger partial charge in [0.1, 0.15) is 0 Å². The van der Waals surface area contributed by atoms with E-state index in [1.54, 1.807) is 0 Å². The Hall–Kier alpha value is 0.310. The maximum absolute atomic E-state index is 4.43. The first-order valence-corrected chi connectivity index (χ1v) is 7.17. The van der Waals surface area contributed by atoms with Crippen LogP contribution in [0, 0.1) is 5.92 Å². The van der Waals surface area contributed by atoms with E-state index in [1.807, 2.05) is 0 Å². The Balaban J connectivity index is 4.09. The second-order valence-corrected chi connectivity index (χ2v) is 4.93. The average Bonchev–Trinajstić information content (AvgIpc) is 2.28. The molecule has 0 fully saturated rings. The highest BCUT2D eigenvalue weighted by Crippen LogP contribution is 2.13. The molecule has 0 aromatic heterocycles. The first-order chi connectivity index (χ1) is 7.19. The van der Waals surface area contributed by atoms with E-state index < -0.39 is 0 Å². The average molecular weight is 231 g/mol. The third-order valence-corrected chi connectivity index (χ3v) is 3.86. The minimum absolute atomic E-state index is 0.727. The van der Waals surface area contributed by atoms with Crippen LogP contribution in [0.4, 0.5) is 0 Å². The molecule has 15 heavy (non-hydrogen) atoms. The quantitative estimate of drug-likeness (QED) is 0.590. The molecule has 0 aromatic rings. The molecule has 0 aliphatic carbocycles. The summed E-state index contributed by atoms with van der Waals surface area (Å²) in [5, 5.41) is 0. The van der Waals surface area contributed by atoms with E-state index in [2.05, 4.69) is 45.2 Å². The lowest BCUT2D eigenvalue weighted by molar-refractivity contribution is 0.174. The highest BCUT2D eigenvalue weighted by Gasteiger charge is 2.15. The van der Waals surface area contributed by atoms with E-state index in [1.165, 1.54) is 38.8 Å². The smallest absolute Gasteiger partial charge is 0.00644 e. The van der Waals surface area contributed by atoms with E-state index in [4.69, 9.17) is 0 Å². The van der Waals surface area contributed by atoms with E-state index in [0.29, 0.717) is 0 Å². The summed E-state index contributed by atoms with van der Waals surface area (Å²) in [6.45, 7) is 11.7. The maximum Gasteiger partial charge on any atom is 0.00644 e. The molecule has 92 valence electrons. The summed E-state index contributed by atoms with van der Waals surface area (Å²) in [7, 11) is 0. The molecule has 0 amide bonds. The van der Waals surface area contributed by atoms with E-state index in [9.17, 15) is 0 Å². The molecule has 0 rings (SSSR count). The molecular formula is C13H29NS. The number of thiol groups is 1. The van der Waals surface area contributed by atoms with Crippen molar-refractivity contribution in [3.05, 3.63) is 0 Å². The van der Waals surface area contributed by atoms with Crippen LogP contribution in [0.2, 0.25) is 0 Å². The monoisotopic (exact) mass is 231 g/mol. The predicted molar refractivity (Wildman–Crippen MR) is 73.9 cm³/mol. The van der Waals surface area contributed by atoms with Crippen molar-refractivity contribution in [3.63, 3.8) is 0 Å². The second kappa shape index (κ2) is 9.53. The van der Waals surface area contributed by atoms with Gasteiger partial charge in [-0.2, -0.15) is 12.6 Å². The summed E-state index contributed by atoms with van der Waals surface area (Å²) in [6, 6.07) is 0.727. The summed E-state index contributed by atoms with van der Waals surface area (Å²) in [5.41, 5.74) is 0. The Kier molecular flexibility index (Phi) is 9.73. The standard InChI is InChI=1S/C13H29NS/c1-5-8-9-14(12(4)6-2)10-13(7-3)11-15/h12-13,15H,5-11H2,1-4H3. The van der Waals surface area contributed by atoms with Crippen LogP contribution in [-0.4, -0.2) is 29.8 Å². The molecule has 0 aliphatic heterocycles. The highest BCUT2D eigenvalue weighted by molar-refractivity contribution is 7.80. The molecule has 0 bridgehead atoms. The molecule has 2 heteroatoms. The molecule has 0 aliphatic rings. The van der Waals surface area contributed by atoms with Crippen LogP contribution < -0.4 is 0 Å². The van der Waals surface area contributed by atoms with Gasteiger partial charge in [-0.05, 0) is 38.0 Å². The minimum atomic E-state index is 0.727. The number of hydrogen-bond donors (Lipinski definition) is 1. The topological polar surface area (TPSA) is 3.24 Å². The van der Waals surface area contributed by atoms with Gasteiger partial charge in [0.05, 0.1) is 0 Å². The molecule has 1 nitrogen and oxygen atoms in total. The summed E-state index contributed by atoms with van der Waals surface area (Å²) in [5.74, 6) is 1.79. The van der Waals surface area contributed by atoms with Gasteiger partial charge in [-0.15, -0.1) is 0 Å². The summed E-state index contributed by atoms with van der Waals surface area (Å²) in [6.07, 6.45) is 5.13. The van der Waals surface area contributed by atoms with Gasteiger partial charge in [-0.3, -0.25) is 0 Å². The molecule has 0 saturated carbocycles. The Morgan fingerprint density at radius 3 is 2.20 bits per heavy atom. The third kappa shape index (κ3) is 6.47. The van der Waals surface area contributed by atoms with E-state index in [0.717, 1.165) is 17.7 Å². The van der Waals surface area contributed by atoms with Gasteiger partial charge < -0.3 is 4.90 Å². The lowest BCUT2D eigenvalue weighted by Gasteiger charge is -2.31. The van der Waals surface area contributed by atoms with E-state index in [-0.39, 0.29) is 0 Å². The van der Waals surface area contributed by atoms with Crippen molar-refractivity contribution in [1.82, 2.24) is 4.90 Å². The van der Waals surface area contributed by atoms with Gasteiger partial charge in [0.2, 0.25) is 0 Å². The lowest BCUT2D eigenvalue weighted by Crippen LogP contribution is -2.37. The van der Waals surface area contributed by atoms with Gasteiger partial charge >= 0.3 is 0 Å². The molecular weight excluding hydrogens is 202 g/mol. The van der Waals surface area contributed by atoms with Crippen LogP contribution in [0.15, 0.2) is 0 Å². The first kappa shape index (κ1) is 15.3. The third-order valence-electron chi connectivity index (χ3n) is 3.34. The lowest BCUT2D eigenvalue weighted by atomic mass is 10.1. The second-order valence-electron chi connectivity index (χ2n) is 4.56. The fourth-order valence-corrected chi connectivity index (χ4v) is 2.13. The predicted octanol–water partition coefficient (Wildman–Crippen LogP) is 3.84. The Morgan fingerprint density at radius 2 is 1.80 bits per heavy atom. The van der Waals surface area contributed by atoms with Crippen LogP contribution in [0.5, 0.6) is 0 Å². The number of nitrogens with zero attached hydrogens (tertiary/aromatic N) is 1. The number of rotatable bonds is 9. The van der Waals surface area contributed by atoms with Gasteiger partial charge in [0, 0.05) is 12.6 Å². The summed E-state index contributed by atoms with van der Waals surface area (Å²) in [4.78, 5) is 2.65. The zero-order valence-electron chi connectivity index (χ0n) is 11.0. The van der Waals surface area contributed by atoms with Crippen molar-refractivity contribution in [2.45, 2.75) is 59.4 Å². The molecule has 0 radical (unpaired) electrons. The molecule has 0 spiro atoms. The van der Waals surface area contributed by atoms with Crippen LogP contribution in [0.3, 0.4) is 0 Å². The van der Waals surface area contributed by atoms with Crippen molar-refractivity contribution in [1.29, 1.82) is 0 Å². The largest absolute Gasteiger partial charge is 0.300 e. The maximum atomic E-state index is 4.43. The zero-order valence-corrected chi connectivity index (χ0v) is 11.9. The number of unbranched alkanes of at least 4 members (excludes halogenated alkanes) is 1. The van der Waals surface area contributed by atoms with Crippen LogP contribution in [-0.2, 0) is 0 Å². The fourth-order valence-electron chi connectivity index (χ4n) is 1.76. The number of hydrogen-bond acceptors (Lipinski definition) is 2. The minimum Gasteiger partial charge on any atom is -0.300 e. The van der Waals surface area contributed by atoms with Crippen molar-refractivity contribution in [2.24, 2.45) is 5.92 Å². The van der Waals surface area contributed by atoms with Crippen LogP contribution in [0.25, 0.3) is 0 Å². The van der Waals surface area contributed by atoms with Gasteiger partial charge in [-0.25, -0.2) is 0 Å². The van der Waals surface area contributed by atoms with Gasteiger partial charge in [-0.1, -0.05) is 33.6 Å². The summed E-state index contributed by atoms with van der Waals surface area (Å²) < 4.78 is 0.